The highest BCUT2D eigenvalue weighted by Gasteiger charge is 2.29. The van der Waals surface area contributed by atoms with E-state index in [1.165, 1.54) is 56.9 Å². The lowest BCUT2D eigenvalue weighted by Gasteiger charge is -2.28. The zero-order chi connectivity index (χ0) is 18.4. The second-order valence-corrected chi connectivity index (χ2v) is 9.55. The van der Waals surface area contributed by atoms with E-state index in [1.807, 2.05) is 11.8 Å². The van der Waals surface area contributed by atoms with Gasteiger partial charge in [-0.1, -0.05) is 12.8 Å². The predicted octanol–water partition coefficient (Wildman–Crippen LogP) is 2.77. The number of nitrogens with zero attached hydrogens (tertiary/aromatic N) is 1. The first-order valence-electron chi connectivity index (χ1n) is 8.43. The van der Waals surface area contributed by atoms with Crippen molar-refractivity contribution in [3.8, 4) is 0 Å². The molecule has 2 rings (SSSR count). The zero-order valence-electron chi connectivity index (χ0n) is 14.6. The highest BCUT2D eigenvalue weighted by atomic mass is 32.2. The maximum atomic E-state index is 13.1. The maximum Gasteiger partial charge on any atom is 0.243 e. The summed E-state index contributed by atoms with van der Waals surface area (Å²) in [6, 6.07) is 4.16. The number of anilines is 1. The molecule has 1 aliphatic carbocycles. The van der Waals surface area contributed by atoms with Gasteiger partial charge in [0.15, 0.2) is 0 Å². The van der Waals surface area contributed by atoms with Crippen molar-refractivity contribution in [2.75, 3.05) is 22.9 Å². The summed E-state index contributed by atoms with van der Waals surface area (Å²) in [7, 11) is -3.67. The minimum absolute atomic E-state index is 0.270. The molecule has 1 aromatic rings. The molecule has 1 amide bonds. The van der Waals surface area contributed by atoms with Crippen molar-refractivity contribution >= 4 is 33.4 Å². The molecule has 0 aliphatic heterocycles. The average Bonchev–Trinajstić information content (AvgIpc) is 3.05. The number of rotatable bonds is 8. The Morgan fingerprint density at radius 3 is 2.48 bits per heavy atom. The van der Waals surface area contributed by atoms with Crippen LogP contribution in [0.4, 0.5) is 10.1 Å². The molecule has 140 valence electrons. The minimum Gasteiger partial charge on any atom is -0.353 e. The van der Waals surface area contributed by atoms with Gasteiger partial charge in [0.25, 0.3) is 0 Å². The van der Waals surface area contributed by atoms with Crippen molar-refractivity contribution in [1.29, 1.82) is 0 Å². The van der Waals surface area contributed by atoms with Crippen molar-refractivity contribution in [1.82, 2.24) is 5.32 Å². The number of nitrogens with one attached hydrogen (secondary N) is 1. The van der Waals surface area contributed by atoms with Crippen LogP contribution in [0.3, 0.4) is 0 Å². The number of sulfonamides is 1. The van der Waals surface area contributed by atoms with Gasteiger partial charge in [-0.2, -0.15) is 11.8 Å². The summed E-state index contributed by atoms with van der Waals surface area (Å²) < 4.78 is 38.3. The molecule has 1 fully saturated rings. The highest BCUT2D eigenvalue weighted by Crippen LogP contribution is 2.29. The molecule has 0 saturated heterocycles. The third-order valence-electron chi connectivity index (χ3n) is 4.23. The Balaban J connectivity index is 1.94. The number of carbonyl (C=O) groups excluding carboxylic acids is 1. The van der Waals surface area contributed by atoms with Crippen LogP contribution in [-0.4, -0.2) is 44.2 Å². The van der Waals surface area contributed by atoms with Gasteiger partial charge in [-0.3, -0.25) is 9.10 Å². The average molecular weight is 389 g/mol. The molecular weight excluding hydrogens is 363 g/mol. The van der Waals surface area contributed by atoms with Crippen LogP contribution < -0.4 is 9.62 Å². The van der Waals surface area contributed by atoms with Crippen molar-refractivity contribution in [3.05, 3.63) is 30.1 Å². The Labute approximate surface area is 153 Å². The van der Waals surface area contributed by atoms with Crippen LogP contribution in [-0.2, 0) is 14.8 Å². The molecule has 5 nitrogen and oxygen atoms in total. The number of hydrogen-bond donors (Lipinski definition) is 1. The maximum absolute atomic E-state index is 13.1. The Morgan fingerprint density at radius 2 is 1.92 bits per heavy atom. The smallest absolute Gasteiger partial charge is 0.243 e. The number of carbonyl (C=O) groups is 1. The van der Waals surface area contributed by atoms with Crippen LogP contribution in [0.15, 0.2) is 24.3 Å². The Hall–Kier alpha value is -1.28. The molecule has 1 N–H and O–H groups in total. The van der Waals surface area contributed by atoms with Crippen LogP contribution in [0.25, 0.3) is 0 Å². The fourth-order valence-corrected chi connectivity index (χ4v) is 5.39. The third kappa shape index (κ3) is 5.88. The first-order chi connectivity index (χ1) is 11.8. The molecule has 1 aliphatic rings. The summed E-state index contributed by atoms with van der Waals surface area (Å²) in [5.41, 5.74) is 0.270. The van der Waals surface area contributed by atoms with Crippen LogP contribution in [0.2, 0.25) is 0 Å². The van der Waals surface area contributed by atoms with Crippen molar-refractivity contribution in [3.63, 3.8) is 0 Å². The second kappa shape index (κ2) is 8.89. The van der Waals surface area contributed by atoms with E-state index in [4.69, 9.17) is 0 Å². The van der Waals surface area contributed by atoms with E-state index in [2.05, 4.69) is 5.32 Å². The lowest BCUT2D eigenvalue weighted by Crippen LogP contribution is -2.48. The summed E-state index contributed by atoms with van der Waals surface area (Å²) in [6.07, 6.45) is 6.07. The van der Waals surface area contributed by atoms with Gasteiger partial charge in [-0.15, -0.1) is 0 Å². The van der Waals surface area contributed by atoms with Gasteiger partial charge in [0.05, 0.1) is 11.9 Å². The molecule has 0 spiro atoms. The van der Waals surface area contributed by atoms with Crippen molar-refractivity contribution < 1.29 is 17.6 Å². The fraction of sp³-hybridized carbons (Fsp3) is 0.588. The fourth-order valence-electron chi connectivity index (χ4n) is 3.00. The molecule has 1 aromatic carbocycles. The van der Waals surface area contributed by atoms with E-state index in [9.17, 15) is 17.6 Å². The Morgan fingerprint density at radius 1 is 1.32 bits per heavy atom. The molecule has 1 saturated carbocycles. The normalized spacial score (nSPS) is 16.6. The first kappa shape index (κ1) is 20.0. The Kier molecular flexibility index (Phi) is 7.13. The van der Waals surface area contributed by atoms with E-state index in [0.29, 0.717) is 11.8 Å². The van der Waals surface area contributed by atoms with Crippen molar-refractivity contribution in [2.24, 2.45) is 0 Å². The SMILES string of the molecule is C[C@@H](C(=O)NCCSC1CCCC1)N(c1ccc(F)cc1)S(C)(=O)=O. The van der Waals surface area contributed by atoms with Crippen molar-refractivity contribution in [2.45, 2.75) is 43.9 Å². The van der Waals surface area contributed by atoms with Gasteiger partial charge >= 0.3 is 0 Å². The molecule has 25 heavy (non-hydrogen) atoms. The van der Waals surface area contributed by atoms with Gasteiger partial charge in [-0.05, 0) is 44.0 Å². The summed E-state index contributed by atoms with van der Waals surface area (Å²) in [5.74, 6) is -0.00142. The summed E-state index contributed by atoms with van der Waals surface area (Å²) in [5, 5.41) is 3.48. The van der Waals surface area contributed by atoms with Crippen LogP contribution in [0.5, 0.6) is 0 Å². The molecular formula is C17H25FN2O3S2. The lowest BCUT2D eigenvalue weighted by molar-refractivity contribution is -0.121. The Bertz CT molecular complexity index is 674. The van der Waals surface area contributed by atoms with E-state index in [-0.39, 0.29) is 11.6 Å². The number of thioether (sulfide) groups is 1. The van der Waals surface area contributed by atoms with E-state index < -0.39 is 21.9 Å². The topological polar surface area (TPSA) is 66.5 Å². The molecule has 0 unspecified atom stereocenters. The second-order valence-electron chi connectivity index (χ2n) is 6.28. The zero-order valence-corrected chi connectivity index (χ0v) is 16.2. The summed E-state index contributed by atoms with van der Waals surface area (Å²) in [6.45, 7) is 2.04. The largest absolute Gasteiger partial charge is 0.353 e. The third-order valence-corrected chi connectivity index (χ3v) is 6.85. The van der Waals surface area contributed by atoms with Gasteiger partial charge in [0.1, 0.15) is 11.9 Å². The number of hydrogen-bond acceptors (Lipinski definition) is 4. The monoisotopic (exact) mass is 388 g/mol. The van der Waals surface area contributed by atoms with Crippen LogP contribution in [0, 0.1) is 5.82 Å². The van der Waals surface area contributed by atoms with Gasteiger partial charge in [0.2, 0.25) is 15.9 Å². The molecule has 0 heterocycles. The number of benzene rings is 1. The van der Waals surface area contributed by atoms with Gasteiger partial charge in [0, 0.05) is 17.5 Å². The lowest BCUT2D eigenvalue weighted by atomic mass is 10.2. The number of halogens is 1. The first-order valence-corrected chi connectivity index (χ1v) is 11.3. The highest BCUT2D eigenvalue weighted by molar-refractivity contribution is 7.99. The van der Waals surface area contributed by atoms with Gasteiger partial charge in [-0.25, -0.2) is 12.8 Å². The molecule has 1 atom stereocenters. The molecule has 0 bridgehead atoms. The van der Waals surface area contributed by atoms with Crippen LogP contribution in [0.1, 0.15) is 32.6 Å². The standard InChI is InChI=1S/C17H25FN2O3S2/c1-13(17(21)19-11-12-24-16-5-3-4-6-16)20(25(2,22)23)15-9-7-14(18)8-10-15/h7-10,13,16H,3-6,11-12H2,1-2H3,(H,19,21)/t13-/m0/s1. The van der Waals surface area contributed by atoms with E-state index in [1.54, 1.807) is 0 Å². The van der Waals surface area contributed by atoms with E-state index in [0.717, 1.165) is 16.3 Å². The van der Waals surface area contributed by atoms with E-state index >= 15 is 0 Å². The number of amides is 1. The molecule has 0 aromatic heterocycles. The summed E-state index contributed by atoms with van der Waals surface area (Å²) >= 11 is 1.86. The van der Waals surface area contributed by atoms with Crippen LogP contribution >= 0.6 is 11.8 Å². The predicted molar refractivity (Wildman–Crippen MR) is 101 cm³/mol. The summed E-state index contributed by atoms with van der Waals surface area (Å²) in [4.78, 5) is 12.4. The molecule has 8 heteroatoms. The minimum atomic E-state index is -3.67. The quantitative estimate of drug-likeness (QED) is 0.696. The van der Waals surface area contributed by atoms with Gasteiger partial charge < -0.3 is 5.32 Å². The molecule has 0 radical (unpaired) electrons.